The molecule has 0 amide bonds. The van der Waals surface area contributed by atoms with E-state index in [-0.39, 0.29) is 0 Å². The molecule has 2 aromatic rings. The van der Waals surface area contributed by atoms with Crippen LogP contribution in [0.2, 0.25) is 0 Å². The molecule has 2 rings (SSSR count). The summed E-state index contributed by atoms with van der Waals surface area (Å²) in [5.41, 5.74) is 1.19. The van der Waals surface area contributed by atoms with Crippen LogP contribution in [-0.4, -0.2) is 20.2 Å². The molecule has 5 heteroatoms. The van der Waals surface area contributed by atoms with Crippen LogP contribution in [0.3, 0.4) is 0 Å². The zero-order valence-corrected chi connectivity index (χ0v) is 10.5. The fourth-order valence-electron chi connectivity index (χ4n) is 1.52. The molecule has 5 nitrogen and oxygen atoms in total. The number of hydrogen-bond donors (Lipinski definition) is 3. The van der Waals surface area contributed by atoms with E-state index in [0.29, 0.717) is 17.8 Å². The van der Waals surface area contributed by atoms with Gasteiger partial charge in [-0.2, -0.15) is 4.98 Å². The molecular formula is C12H19N5. The predicted molar refractivity (Wildman–Crippen MR) is 67.8 cm³/mol. The van der Waals surface area contributed by atoms with Gasteiger partial charge in [0.25, 0.3) is 0 Å². The molecule has 2 aromatic heterocycles. The number of nitrogens with one attached hydrogen (secondary N) is 3. The van der Waals surface area contributed by atoms with Gasteiger partial charge in [0.15, 0.2) is 0 Å². The van der Waals surface area contributed by atoms with Crippen molar-refractivity contribution in [2.45, 2.75) is 33.2 Å². The molecule has 0 aliphatic carbocycles. The van der Waals surface area contributed by atoms with E-state index in [1.165, 1.54) is 5.56 Å². The van der Waals surface area contributed by atoms with Crippen molar-refractivity contribution in [1.29, 1.82) is 0 Å². The van der Waals surface area contributed by atoms with E-state index in [1.54, 1.807) is 0 Å². The van der Waals surface area contributed by atoms with Gasteiger partial charge in [0, 0.05) is 24.9 Å². The SMILES string of the molecule is CC(C)C(C)c1nc(NCc2cc[nH]c2)n[nH]1. The minimum absolute atomic E-state index is 0.394. The summed E-state index contributed by atoms with van der Waals surface area (Å²) in [7, 11) is 0. The van der Waals surface area contributed by atoms with Crippen LogP contribution in [0, 0.1) is 5.92 Å². The predicted octanol–water partition coefficient (Wildman–Crippen LogP) is 2.50. The molecule has 0 saturated carbocycles. The monoisotopic (exact) mass is 233 g/mol. The molecule has 3 N–H and O–H groups in total. The normalized spacial score (nSPS) is 12.9. The zero-order chi connectivity index (χ0) is 12.3. The van der Waals surface area contributed by atoms with Crippen molar-refractivity contribution in [1.82, 2.24) is 20.2 Å². The van der Waals surface area contributed by atoms with E-state index in [0.717, 1.165) is 12.4 Å². The van der Waals surface area contributed by atoms with Crippen molar-refractivity contribution in [2.75, 3.05) is 5.32 Å². The average molecular weight is 233 g/mol. The van der Waals surface area contributed by atoms with E-state index < -0.39 is 0 Å². The summed E-state index contributed by atoms with van der Waals surface area (Å²) in [5.74, 6) is 2.55. The van der Waals surface area contributed by atoms with E-state index >= 15 is 0 Å². The molecule has 17 heavy (non-hydrogen) atoms. The van der Waals surface area contributed by atoms with Gasteiger partial charge in [-0.3, -0.25) is 5.10 Å². The Morgan fingerprint density at radius 3 is 2.82 bits per heavy atom. The van der Waals surface area contributed by atoms with Crippen LogP contribution in [0.4, 0.5) is 5.95 Å². The van der Waals surface area contributed by atoms with Crippen molar-refractivity contribution in [3.05, 3.63) is 29.8 Å². The molecule has 0 bridgehead atoms. The maximum absolute atomic E-state index is 4.44. The molecule has 1 atom stereocenters. The van der Waals surface area contributed by atoms with Gasteiger partial charge in [-0.05, 0) is 17.5 Å². The van der Waals surface area contributed by atoms with Crippen molar-refractivity contribution in [3.63, 3.8) is 0 Å². The van der Waals surface area contributed by atoms with Crippen LogP contribution in [0.1, 0.15) is 38.1 Å². The van der Waals surface area contributed by atoms with Gasteiger partial charge in [0.05, 0.1) is 0 Å². The molecule has 92 valence electrons. The Kier molecular flexibility index (Phi) is 3.46. The Morgan fingerprint density at radius 1 is 1.35 bits per heavy atom. The van der Waals surface area contributed by atoms with Gasteiger partial charge in [-0.15, -0.1) is 5.10 Å². The van der Waals surface area contributed by atoms with Crippen LogP contribution in [0.15, 0.2) is 18.5 Å². The molecule has 0 spiro atoms. The number of rotatable bonds is 5. The molecular weight excluding hydrogens is 214 g/mol. The van der Waals surface area contributed by atoms with Crippen molar-refractivity contribution in [3.8, 4) is 0 Å². The highest BCUT2D eigenvalue weighted by Crippen LogP contribution is 2.20. The van der Waals surface area contributed by atoms with Crippen LogP contribution in [0.25, 0.3) is 0 Å². The van der Waals surface area contributed by atoms with Crippen LogP contribution in [-0.2, 0) is 6.54 Å². The van der Waals surface area contributed by atoms with Crippen molar-refractivity contribution in [2.24, 2.45) is 5.92 Å². The second-order valence-electron chi connectivity index (χ2n) is 4.65. The first-order valence-corrected chi connectivity index (χ1v) is 5.94. The van der Waals surface area contributed by atoms with Gasteiger partial charge >= 0.3 is 0 Å². The molecule has 0 aliphatic heterocycles. The lowest BCUT2D eigenvalue weighted by Crippen LogP contribution is -2.04. The molecule has 0 saturated heterocycles. The fourth-order valence-corrected chi connectivity index (χ4v) is 1.52. The lowest BCUT2D eigenvalue weighted by atomic mass is 9.98. The van der Waals surface area contributed by atoms with Crippen LogP contribution < -0.4 is 5.32 Å². The number of anilines is 1. The third-order valence-electron chi connectivity index (χ3n) is 3.05. The molecule has 1 unspecified atom stereocenters. The van der Waals surface area contributed by atoms with Gasteiger partial charge in [0.1, 0.15) is 5.82 Å². The Hall–Kier alpha value is -1.78. The minimum atomic E-state index is 0.394. The number of hydrogen-bond acceptors (Lipinski definition) is 3. The van der Waals surface area contributed by atoms with Gasteiger partial charge in [0.2, 0.25) is 5.95 Å². The van der Waals surface area contributed by atoms with E-state index in [2.05, 4.69) is 46.3 Å². The Bertz CT molecular complexity index is 443. The summed E-state index contributed by atoms with van der Waals surface area (Å²) in [5, 5.41) is 10.3. The third-order valence-corrected chi connectivity index (χ3v) is 3.05. The highest BCUT2D eigenvalue weighted by molar-refractivity contribution is 5.26. The zero-order valence-electron chi connectivity index (χ0n) is 10.5. The highest BCUT2D eigenvalue weighted by atomic mass is 15.3. The second kappa shape index (κ2) is 5.03. The lowest BCUT2D eigenvalue weighted by Gasteiger charge is -2.10. The van der Waals surface area contributed by atoms with E-state index in [4.69, 9.17) is 0 Å². The summed E-state index contributed by atoms with van der Waals surface area (Å²) < 4.78 is 0. The highest BCUT2D eigenvalue weighted by Gasteiger charge is 2.14. The lowest BCUT2D eigenvalue weighted by molar-refractivity contribution is 0.512. The number of aromatic amines is 2. The van der Waals surface area contributed by atoms with Crippen molar-refractivity contribution >= 4 is 5.95 Å². The smallest absolute Gasteiger partial charge is 0.242 e. The quantitative estimate of drug-likeness (QED) is 0.743. The number of aromatic nitrogens is 4. The first-order valence-electron chi connectivity index (χ1n) is 5.94. The topological polar surface area (TPSA) is 69.4 Å². The number of nitrogens with zero attached hydrogens (tertiary/aromatic N) is 2. The van der Waals surface area contributed by atoms with E-state index in [9.17, 15) is 0 Å². The van der Waals surface area contributed by atoms with E-state index in [1.807, 2.05) is 18.5 Å². The number of H-pyrrole nitrogens is 2. The maximum atomic E-state index is 4.44. The maximum Gasteiger partial charge on any atom is 0.242 e. The largest absolute Gasteiger partial charge is 0.367 e. The average Bonchev–Trinajstić information content (AvgIpc) is 2.96. The Morgan fingerprint density at radius 2 is 2.18 bits per heavy atom. The summed E-state index contributed by atoms with van der Waals surface area (Å²) in [4.78, 5) is 7.46. The third kappa shape index (κ3) is 2.87. The summed E-state index contributed by atoms with van der Waals surface area (Å²) in [6.45, 7) is 7.25. The summed E-state index contributed by atoms with van der Waals surface area (Å²) in [6.07, 6.45) is 3.86. The first-order chi connectivity index (χ1) is 8.16. The molecule has 0 radical (unpaired) electrons. The van der Waals surface area contributed by atoms with Gasteiger partial charge < -0.3 is 10.3 Å². The Labute approximate surface area is 101 Å². The van der Waals surface area contributed by atoms with Gasteiger partial charge in [-0.1, -0.05) is 20.8 Å². The fraction of sp³-hybridized carbons (Fsp3) is 0.500. The second-order valence-corrected chi connectivity index (χ2v) is 4.65. The molecule has 0 fully saturated rings. The summed E-state index contributed by atoms with van der Waals surface area (Å²) in [6, 6.07) is 2.03. The standard InChI is InChI=1S/C12H19N5/c1-8(2)9(3)11-15-12(17-16-11)14-7-10-4-5-13-6-10/h4-6,8-9,13H,7H2,1-3H3,(H2,14,15,16,17). The first kappa shape index (κ1) is 11.7. The molecule has 0 aromatic carbocycles. The molecule has 0 aliphatic rings. The van der Waals surface area contributed by atoms with Crippen LogP contribution in [0.5, 0.6) is 0 Å². The molecule has 2 heterocycles. The Balaban J connectivity index is 1.94. The minimum Gasteiger partial charge on any atom is -0.367 e. The van der Waals surface area contributed by atoms with Gasteiger partial charge in [-0.25, -0.2) is 0 Å². The van der Waals surface area contributed by atoms with Crippen LogP contribution >= 0.6 is 0 Å². The summed E-state index contributed by atoms with van der Waals surface area (Å²) >= 11 is 0. The van der Waals surface area contributed by atoms with Crippen molar-refractivity contribution < 1.29 is 0 Å².